The van der Waals surface area contributed by atoms with Gasteiger partial charge >= 0.3 is 33.3 Å². The lowest BCUT2D eigenvalue weighted by Gasteiger charge is -2.21. The average Bonchev–Trinajstić information content (AvgIpc) is 3.65. The first-order chi connectivity index (χ1) is 36.5. The van der Waals surface area contributed by atoms with Gasteiger partial charge in [-0.15, -0.1) is 0 Å². The normalized spacial score (nSPS) is 20.3. The predicted octanol–water partition coefficient (Wildman–Crippen LogP) is 9.16. The monoisotopic (exact) mass is 1110 g/mol. The molecule has 4 unspecified atom stereocenters. The van der Waals surface area contributed by atoms with Crippen LogP contribution in [0.15, 0.2) is 114 Å². The van der Waals surface area contributed by atoms with Gasteiger partial charge in [0.2, 0.25) is 0 Å². The van der Waals surface area contributed by atoms with Crippen molar-refractivity contribution in [3.63, 3.8) is 0 Å². The Morgan fingerprint density at radius 1 is 0.684 bits per heavy atom. The number of phosphoric ester groups is 2. The van der Waals surface area contributed by atoms with E-state index in [1.54, 1.807) is 12.2 Å². The number of hydrogen-bond acceptors (Lipinski definition) is 17. The third-order valence-electron chi connectivity index (χ3n) is 11.4. The Morgan fingerprint density at radius 3 is 1.74 bits per heavy atom. The van der Waals surface area contributed by atoms with E-state index in [1.807, 2.05) is 30.4 Å². The summed E-state index contributed by atoms with van der Waals surface area (Å²) in [6.07, 6.45) is 38.0. The van der Waals surface area contributed by atoms with Crippen LogP contribution in [-0.2, 0) is 46.3 Å². The molecule has 1 fully saturated rings. The lowest BCUT2D eigenvalue weighted by atomic mass is 10.0. The van der Waals surface area contributed by atoms with Crippen LogP contribution in [0, 0.1) is 0 Å². The average molecular weight is 1110 g/mol. The van der Waals surface area contributed by atoms with Crippen LogP contribution < -0.4 is 11.4 Å². The Bertz CT molecular complexity index is 2190. The highest BCUT2D eigenvalue weighted by atomic mass is 31.3. The minimum Gasteiger partial charge on any atom is -0.462 e. The number of anilines is 1. The van der Waals surface area contributed by atoms with Gasteiger partial charge < -0.3 is 50.2 Å². The van der Waals surface area contributed by atoms with E-state index in [4.69, 9.17) is 29.0 Å². The molecule has 8 N–H and O–H groups in total. The molecule has 20 nitrogen and oxygen atoms in total. The van der Waals surface area contributed by atoms with Crippen LogP contribution in [-0.4, -0.2) is 108 Å². The van der Waals surface area contributed by atoms with Crippen LogP contribution in [0.5, 0.6) is 0 Å². The van der Waals surface area contributed by atoms with Crippen LogP contribution in [0.3, 0.4) is 0 Å². The van der Waals surface area contributed by atoms with E-state index in [0.717, 1.165) is 49.3 Å². The molecule has 76 heavy (non-hydrogen) atoms. The standard InChI is InChI=1S/C54H85N3O17P2/c1-3-5-7-9-11-13-15-17-18-19-20-21-22-23-25-27-29-31-33-37-50(61)72-44(41-69-49(60)38-34-36-46(59)45(58)35-32-30-28-26-24-16-14-12-10-8-6-4-2)42-70-75(65,66)74-76(67,68)71-43-47-51(62)52(63)53(73-47)57-40-39-48(55)56-54(57)64/h11-14,17-18,20-21,23-26,29-32,39-40,44-47,51-53,58-59,62-63H,3-10,15-16,19,22,27-28,33-38,41-43H2,1-2H3,(H,65,66)(H,67,68)(H2,55,56,64)/b13-11-,14-12-,18-17-,21-20-,25-23-,26-24-,31-29-,32-30-/t44-,45?,46?,47-,51-,52-,53-/m1/s1. The van der Waals surface area contributed by atoms with Gasteiger partial charge in [-0.05, 0) is 96.0 Å². The fraction of sp³-hybridized carbons (Fsp3) is 0.593. The third kappa shape index (κ3) is 32.4. The summed E-state index contributed by atoms with van der Waals surface area (Å²) in [6, 6.07) is 1.23. The molecule has 1 aromatic rings. The summed E-state index contributed by atoms with van der Waals surface area (Å²) in [5, 5.41) is 41.8. The molecule has 0 saturated carbocycles. The molecule has 1 aliphatic rings. The number of aromatic nitrogens is 2. The van der Waals surface area contributed by atoms with Crippen LogP contribution in [0.25, 0.3) is 0 Å². The molecule has 0 aromatic carbocycles. The van der Waals surface area contributed by atoms with Crippen LogP contribution >= 0.6 is 15.6 Å². The number of rotatable bonds is 42. The quantitative estimate of drug-likeness (QED) is 0.0139. The summed E-state index contributed by atoms with van der Waals surface area (Å²) in [6.45, 7) is 1.74. The van der Waals surface area contributed by atoms with E-state index in [2.05, 4.69) is 77.8 Å². The largest absolute Gasteiger partial charge is 0.481 e. The SMILES string of the molecule is CCCCC/C=C\C/C=C\C/C=C\C/C=C\C/C=C\CCC(=O)O[C@H](COC(=O)CCCC(O)C(O)C/C=C\C/C=C\C/C=C\CCCCC)COP(=O)(O)OP(=O)(O)OC[C@H]1O[C@@H](n2ccc(N)nc2=O)[C@H](O)[C@@H]1O. The number of unbranched alkanes of at least 4 members (excludes halogenated alkanes) is 6. The van der Waals surface area contributed by atoms with Gasteiger partial charge in [0.1, 0.15) is 30.7 Å². The van der Waals surface area contributed by atoms with Gasteiger partial charge in [0.15, 0.2) is 12.3 Å². The molecule has 0 amide bonds. The molecule has 9 atom stereocenters. The minimum atomic E-state index is -5.51. The van der Waals surface area contributed by atoms with Crippen molar-refractivity contribution in [2.24, 2.45) is 0 Å². The Kier molecular flexibility index (Phi) is 36.3. The third-order valence-corrected chi connectivity index (χ3v) is 14.0. The molecule has 0 radical (unpaired) electrons. The number of nitrogens with two attached hydrogens (primary N) is 1. The van der Waals surface area contributed by atoms with E-state index in [-0.39, 0.29) is 44.3 Å². The number of esters is 2. The zero-order valence-corrected chi connectivity index (χ0v) is 46.0. The number of aliphatic hydroxyl groups is 4. The van der Waals surface area contributed by atoms with Gasteiger partial charge in [0, 0.05) is 19.0 Å². The molecule has 2 rings (SSSR count). The summed E-state index contributed by atoms with van der Waals surface area (Å²) in [7, 11) is -11.0. The summed E-state index contributed by atoms with van der Waals surface area (Å²) < 4.78 is 56.5. The summed E-state index contributed by atoms with van der Waals surface area (Å²) >= 11 is 0. The van der Waals surface area contributed by atoms with Crippen molar-refractivity contribution in [2.75, 3.05) is 25.6 Å². The number of phosphoric acid groups is 2. The number of carbonyl (C=O) groups is 2. The van der Waals surface area contributed by atoms with E-state index >= 15 is 0 Å². The maximum absolute atomic E-state index is 12.9. The highest BCUT2D eigenvalue weighted by Gasteiger charge is 2.46. The second-order valence-electron chi connectivity index (χ2n) is 18.0. The number of ether oxygens (including phenoxy) is 3. The summed E-state index contributed by atoms with van der Waals surface area (Å²) in [4.78, 5) is 62.0. The topological polar surface area (TPSA) is 306 Å². The van der Waals surface area contributed by atoms with Crippen LogP contribution in [0.4, 0.5) is 5.82 Å². The van der Waals surface area contributed by atoms with Crippen molar-refractivity contribution in [3.8, 4) is 0 Å². The Hall–Kier alpha value is -4.40. The molecule has 22 heteroatoms. The molecule has 0 bridgehead atoms. The first-order valence-electron chi connectivity index (χ1n) is 26.4. The lowest BCUT2D eigenvalue weighted by Crippen LogP contribution is -2.36. The van der Waals surface area contributed by atoms with Crippen LogP contribution in [0.2, 0.25) is 0 Å². The van der Waals surface area contributed by atoms with E-state index in [1.165, 1.54) is 44.6 Å². The molecule has 1 aromatic heterocycles. The maximum atomic E-state index is 12.9. The van der Waals surface area contributed by atoms with E-state index in [0.29, 0.717) is 12.8 Å². The Labute approximate surface area is 448 Å². The van der Waals surface area contributed by atoms with Crippen molar-refractivity contribution in [2.45, 2.75) is 185 Å². The first-order valence-corrected chi connectivity index (χ1v) is 29.4. The maximum Gasteiger partial charge on any atom is 0.481 e. The van der Waals surface area contributed by atoms with Gasteiger partial charge in [-0.1, -0.05) is 137 Å². The number of carbonyl (C=O) groups excluding carboxylic acids is 2. The van der Waals surface area contributed by atoms with E-state index in [9.17, 15) is 53.7 Å². The summed E-state index contributed by atoms with van der Waals surface area (Å²) in [5.74, 6) is -1.71. The molecule has 0 spiro atoms. The number of aliphatic hydroxyl groups excluding tert-OH is 4. The number of nitrogens with zero attached hydrogens (tertiary/aromatic N) is 2. The van der Waals surface area contributed by atoms with Gasteiger partial charge in [0.25, 0.3) is 0 Å². The van der Waals surface area contributed by atoms with Gasteiger partial charge in [-0.2, -0.15) is 9.29 Å². The molecule has 1 aliphatic heterocycles. The number of allylic oxidation sites excluding steroid dienone is 15. The second kappa shape index (κ2) is 40.8. The van der Waals surface area contributed by atoms with E-state index < -0.39 is 95.9 Å². The van der Waals surface area contributed by atoms with Crippen molar-refractivity contribution >= 4 is 33.4 Å². The predicted molar refractivity (Wildman–Crippen MR) is 291 cm³/mol. The number of hydrogen-bond donors (Lipinski definition) is 7. The molecule has 428 valence electrons. The zero-order valence-electron chi connectivity index (χ0n) is 44.2. The van der Waals surface area contributed by atoms with Crippen molar-refractivity contribution in [1.82, 2.24) is 9.55 Å². The smallest absolute Gasteiger partial charge is 0.462 e. The molecule has 2 heterocycles. The van der Waals surface area contributed by atoms with Crippen molar-refractivity contribution < 1.29 is 76.5 Å². The Balaban J connectivity index is 1.89. The van der Waals surface area contributed by atoms with Crippen molar-refractivity contribution in [1.29, 1.82) is 0 Å². The molecule has 0 aliphatic carbocycles. The Morgan fingerprint density at radius 2 is 1.20 bits per heavy atom. The van der Waals surface area contributed by atoms with Crippen molar-refractivity contribution in [3.05, 3.63) is 120 Å². The molecular formula is C54H85N3O17P2. The highest BCUT2D eigenvalue weighted by molar-refractivity contribution is 7.61. The lowest BCUT2D eigenvalue weighted by molar-refractivity contribution is -0.161. The molecule has 1 saturated heterocycles. The highest BCUT2D eigenvalue weighted by Crippen LogP contribution is 2.60. The van der Waals surface area contributed by atoms with Gasteiger partial charge in [-0.25, -0.2) is 13.9 Å². The van der Waals surface area contributed by atoms with Gasteiger partial charge in [-0.3, -0.25) is 23.2 Å². The fourth-order valence-corrected chi connectivity index (χ4v) is 9.21. The van der Waals surface area contributed by atoms with Gasteiger partial charge in [0.05, 0.1) is 25.4 Å². The first kappa shape index (κ1) is 67.7. The zero-order chi connectivity index (χ0) is 55.9. The minimum absolute atomic E-state index is 0.0630. The fourth-order valence-electron chi connectivity index (χ4n) is 7.10. The second-order valence-corrected chi connectivity index (χ2v) is 21.0. The summed E-state index contributed by atoms with van der Waals surface area (Å²) in [5.41, 5.74) is 4.56. The number of nitrogen functional groups attached to an aromatic ring is 1. The molecular weight excluding hydrogens is 1020 g/mol. The van der Waals surface area contributed by atoms with Crippen LogP contribution in [0.1, 0.15) is 148 Å².